The predicted octanol–water partition coefficient (Wildman–Crippen LogP) is -2.85. The lowest BCUT2D eigenvalue weighted by Gasteiger charge is -2.24. The molecule has 1 rings (SSSR count). The minimum absolute atomic E-state index is 0.0164. The predicted molar refractivity (Wildman–Crippen MR) is 89.7 cm³/mol. The fraction of sp³-hybridized carbons (Fsp3) is 0.667. The van der Waals surface area contributed by atoms with Crippen LogP contribution >= 0.6 is 0 Å². The van der Waals surface area contributed by atoms with E-state index in [-0.39, 0.29) is 32.0 Å². The first-order valence-corrected chi connectivity index (χ1v) is 8.36. The Labute approximate surface area is 150 Å². The molecule has 4 amide bonds. The van der Waals surface area contributed by atoms with Crippen molar-refractivity contribution < 1.29 is 29.1 Å². The van der Waals surface area contributed by atoms with Crippen LogP contribution in [0.3, 0.4) is 0 Å². The Morgan fingerprint density at radius 2 is 1.81 bits per heavy atom. The monoisotopic (exact) mass is 371 g/mol. The van der Waals surface area contributed by atoms with E-state index >= 15 is 0 Å². The Bertz CT molecular complexity index is 553. The number of carboxylic acids is 1. The number of hydrogen-bond donors (Lipinski definition) is 5. The summed E-state index contributed by atoms with van der Waals surface area (Å²) in [5.74, 6) is -2.82. The van der Waals surface area contributed by atoms with Gasteiger partial charge in [0.05, 0.1) is 19.6 Å². The summed E-state index contributed by atoms with van der Waals surface area (Å²) in [6, 6.07) is -0.646. The summed E-state index contributed by atoms with van der Waals surface area (Å²) < 4.78 is 0. The average Bonchev–Trinajstić information content (AvgIpc) is 3.06. The lowest BCUT2D eigenvalue weighted by atomic mass is 10.2. The zero-order valence-electron chi connectivity index (χ0n) is 14.5. The summed E-state index contributed by atoms with van der Waals surface area (Å²) in [4.78, 5) is 58.3. The van der Waals surface area contributed by atoms with Crippen molar-refractivity contribution in [3.05, 3.63) is 0 Å². The molecule has 0 saturated carbocycles. The quantitative estimate of drug-likeness (QED) is 0.243. The Morgan fingerprint density at radius 3 is 2.46 bits per heavy atom. The Hall–Kier alpha value is -2.69. The van der Waals surface area contributed by atoms with Gasteiger partial charge in [0.2, 0.25) is 23.6 Å². The summed E-state index contributed by atoms with van der Waals surface area (Å²) in [5.41, 5.74) is 4.90. The van der Waals surface area contributed by atoms with Crippen LogP contribution in [-0.2, 0) is 24.0 Å². The molecule has 1 saturated heterocycles. The second-order valence-corrected chi connectivity index (χ2v) is 5.88. The van der Waals surface area contributed by atoms with Gasteiger partial charge in [0, 0.05) is 13.0 Å². The molecule has 146 valence electrons. The van der Waals surface area contributed by atoms with Gasteiger partial charge in [0.1, 0.15) is 6.04 Å². The molecule has 0 radical (unpaired) electrons. The van der Waals surface area contributed by atoms with Crippen molar-refractivity contribution in [3.8, 4) is 0 Å². The number of carbonyl (C=O) groups excluding carboxylic acids is 4. The molecule has 0 aliphatic carbocycles. The number of aliphatic carboxylic acids is 1. The maximum atomic E-state index is 12.2. The molecule has 1 heterocycles. The first-order valence-electron chi connectivity index (χ1n) is 8.36. The molecule has 0 bridgehead atoms. The fourth-order valence-corrected chi connectivity index (χ4v) is 2.53. The van der Waals surface area contributed by atoms with Crippen LogP contribution in [0, 0.1) is 0 Å². The topological polar surface area (TPSA) is 171 Å². The summed E-state index contributed by atoms with van der Waals surface area (Å²) in [5, 5.41) is 16.1. The number of carboxylic acid groups (broad SMARTS) is 1. The first-order chi connectivity index (χ1) is 12.3. The van der Waals surface area contributed by atoms with Crippen molar-refractivity contribution in [3.63, 3.8) is 0 Å². The van der Waals surface area contributed by atoms with Gasteiger partial charge in [-0.3, -0.25) is 24.0 Å². The van der Waals surface area contributed by atoms with Gasteiger partial charge in [-0.05, 0) is 25.8 Å². The molecule has 0 aromatic rings. The van der Waals surface area contributed by atoms with E-state index < -0.39 is 29.7 Å². The van der Waals surface area contributed by atoms with Crippen LogP contribution in [0.4, 0.5) is 0 Å². The molecular formula is C15H25N5O6. The Kier molecular flexibility index (Phi) is 9.06. The van der Waals surface area contributed by atoms with Gasteiger partial charge in [0.25, 0.3) is 0 Å². The number of likely N-dealkylation sites (tertiary alicyclic amines) is 1. The zero-order chi connectivity index (χ0) is 19.5. The number of carbonyl (C=O) groups is 5. The van der Waals surface area contributed by atoms with Crippen LogP contribution in [0.5, 0.6) is 0 Å². The second kappa shape index (κ2) is 11.0. The number of amides is 4. The number of rotatable bonds is 11. The number of primary amides is 1. The molecule has 11 heteroatoms. The molecule has 1 aliphatic heterocycles. The molecule has 1 atom stereocenters. The molecule has 26 heavy (non-hydrogen) atoms. The van der Waals surface area contributed by atoms with Crippen LogP contribution in [0.2, 0.25) is 0 Å². The molecule has 1 fully saturated rings. The van der Waals surface area contributed by atoms with E-state index in [0.717, 1.165) is 0 Å². The molecule has 0 aromatic heterocycles. The van der Waals surface area contributed by atoms with Gasteiger partial charge in [-0.15, -0.1) is 0 Å². The second-order valence-electron chi connectivity index (χ2n) is 5.88. The summed E-state index contributed by atoms with van der Waals surface area (Å²) in [6.45, 7) is 0.237. The van der Waals surface area contributed by atoms with E-state index in [9.17, 15) is 24.0 Å². The van der Waals surface area contributed by atoms with Crippen molar-refractivity contribution in [2.75, 3.05) is 32.7 Å². The SMILES string of the molecule is NC(=O)CNC(=O)CNC(=O)[C@@H]1CCCN1C(=O)CNCCCC(=O)O. The molecule has 0 aromatic carbocycles. The number of hydrogen-bond acceptors (Lipinski definition) is 6. The van der Waals surface area contributed by atoms with Crippen LogP contribution in [0.1, 0.15) is 25.7 Å². The van der Waals surface area contributed by atoms with Crippen LogP contribution in [0.25, 0.3) is 0 Å². The van der Waals surface area contributed by atoms with Gasteiger partial charge in [-0.25, -0.2) is 0 Å². The zero-order valence-corrected chi connectivity index (χ0v) is 14.5. The van der Waals surface area contributed by atoms with E-state index in [1.807, 2.05) is 0 Å². The number of nitrogens with two attached hydrogens (primary N) is 1. The van der Waals surface area contributed by atoms with E-state index in [1.165, 1.54) is 4.90 Å². The lowest BCUT2D eigenvalue weighted by Crippen LogP contribution is -2.50. The smallest absolute Gasteiger partial charge is 0.303 e. The lowest BCUT2D eigenvalue weighted by molar-refractivity contribution is -0.138. The summed E-state index contributed by atoms with van der Waals surface area (Å²) in [7, 11) is 0. The molecule has 6 N–H and O–H groups in total. The van der Waals surface area contributed by atoms with Crippen LogP contribution < -0.4 is 21.7 Å². The highest BCUT2D eigenvalue weighted by molar-refractivity contribution is 5.92. The van der Waals surface area contributed by atoms with Gasteiger partial charge in [-0.2, -0.15) is 0 Å². The number of nitrogens with zero attached hydrogens (tertiary/aromatic N) is 1. The van der Waals surface area contributed by atoms with E-state index in [0.29, 0.717) is 32.4 Å². The fourth-order valence-electron chi connectivity index (χ4n) is 2.53. The first kappa shape index (κ1) is 21.4. The summed E-state index contributed by atoms with van der Waals surface area (Å²) in [6.07, 6.45) is 1.61. The van der Waals surface area contributed by atoms with Crippen LogP contribution in [0.15, 0.2) is 0 Å². The largest absolute Gasteiger partial charge is 0.481 e. The van der Waals surface area contributed by atoms with Gasteiger partial charge >= 0.3 is 5.97 Å². The van der Waals surface area contributed by atoms with Crippen molar-refractivity contribution >= 4 is 29.6 Å². The minimum atomic E-state index is -0.894. The average molecular weight is 371 g/mol. The Balaban J connectivity index is 2.35. The third-order valence-corrected chi connectivity index (χ3v) is 3.78. The molecule has 0 unspecified atom stereocenters. The minimum Gasteiger partial charge on any atom is -0.481 e. The summed E-state index contributed by atoms with van der Waals surface area (Å²) >= 11 is 0. The molecular weight excluding hydrogens is 346 g/mol. The highest BCUT2D eigenvalue weighted by atomic mass is 16.4. The van der Waals surface area contributed by atoms with Crippen molar-refractivity contribution in [2.45, 2.75) is 31.7 Å². The van der Waals surface area contributed by atoms with Gasteiger partial charge in [0.15, 0.2) is 0 Å². The standard InChI is InChI=1S/C15H25N5O6/c16-11(21)7-18-12(22)8-19-15(26)10-3-2-6-20(10)13(23)9-17-5-1-4-14(24)25/h10,17H,1-9H2,(H2,16,21)(H,18,22)(H,19,26)(H,24,25)/t10-/m0/s1. The van der Waals surface area contributed by atoms with E-state index in [4.69, 9.17) is 10.8 Å². The third kappa shape index (κ3) is 7.92. The highest BCUT2D eigenvalue weighted by Gasteiger charge is 2.33. The van der Waals surface area contributed by atoms with Crippen LogP contribution in [-0.4, -0.2) is 78.4 Å². The number of nitrogens with one attached hydrogen (secondary N) is 3. The molecule has 1 aliphatic rings. The third-order valence-electron chi connectivity index (χ3n) is 3.78. The van der Waals surface area contributed by atoms with E-state index in [2.05, 4.69) is 16.0 Å². The van der Waals surface area contributed by atoms with Gasteiger partial charge < -0.3 is 31.7 Å². The van der Waals surface area contributed by atoms with Crippen molar-refractivity contribution in [2.24, 2.45) is 5.73 Å². The van der Waals surface area contributed by atoms with Crippen molar-refractivity contribution in [1.82, 2.24) is 20.9 Å². The normalized spacial score (nSPS) is 16.2. The molecule has 11 nitrogen and oxygen atoms in total. The van der Waals surface area contributed by atoms with Crippen molar-refractivity contribution in [1.29, 1.82) is 0 Å². The maximum Gasteiger partial charge on any atom is 0.303 e. The Morgan fingerprint density at radius 1 is 1.08 bits per heavy atom. The maximum absolute atomic E-state index is 12.2. The molecule has 0 spiro atoms. The van der Waals surface area contributed by atoms with Gasteiger partial charge in [-0.1, -0.05) is 0 Å². The highest BCUT2D eigenvalue weighted by Crippen LogP contribution is 2.17. The van der Waals surface area contributed by atoms with E-state index in [1.54, 1.807) is 0 Å².